The minimum Gasteiger partial charge on any atom is -0.495 e. The van der Waals surface area contributed by atoms with Gasteiger partial charge in [-0.2, -0.15) is 0 Å². The Kier molecular flexibility index (Phi) is 6.59. The summed E-state index contributed by atoms with van der Waals surface area (Å²) in [5.41, 5.74) is 0.712. The smallest absolute Gasteiger partial charge is 0.255 e. The van der Waals surface area contributed by atoms with Crippen LogP contribution >= 0.6 is 0 Å². The topological polar surface area (TPSA) is 108 Å². The van der Waals surface area contributed by atoms with Crippen molar-refractivity contribution in [3.8, 4) is 11.5 Å². The number of unbranched alkanes of at least 4 members (excludes halogenated alkanes) is 1. The number of anilines is 1. The standard InChI is InChI=1S/C18H22N2O5S/c1-3-4-11-25-15-8-5-13(6-9-15)18(21)20-14-7-10-16(24-2)17(12-14)26(19,22)23/h5-10,12H,3-4,11H2,1-2H3,(H,20,21)(H2,19,22,23). The number of nitrogens with one attached hydrogen (secondary N) is 1. The Morgan fingerprint density at radius 3 is 2.42 bits per heavy atom. The molecule has 0 bridgehead atoms. The predicted molar refractivity (Wildman–Crippen MR) is 99.2 cm³/mol. The van der Waals surface area contributed by atoms with E-state index in [0.29, 0.717) is 23.6 Å². The van der Waals surface area contributed by atoms with E-state index in [1.165, 1.54) is 25.3 Å². The first-order valence-corrected chi connectivity index (χ1v) is 9.65. The molecular weight excluding hydrogens is 356 g/mol. The fourth-order valence-electron chi connectivity index (χ4n) is 2.22. The molecule has 0 aliphatic rings. The maximum atomic E-state index is 12.3. The van der Waals surface area contributed by atoms with Gasteiger partial charge in [0.15, 0.2) is 0 Å². The predicted octanol–water partition coefficient (Wildman–Crippen LogP) is 2.77. The zero-order valence-electron chi connectivity index (χ0n) is 14.7. The van der Waals surface area contributed by atoms with E-state index in [-0.39, 0.29) is 16.6 Å². The number of nitrogens with two attached hydrogens (primary N) is 1. The van der Waals surface area contributed by atoms with Crippen molar-refractivity contribution in [2.75, 3.05) is 19.0 Å². The number of amides is 1. The van der Waals surface area contributed by atoms with E-state index in [1.54, 1.807) is 24.3 Å². The van der Waals surface area contributed by atoms with Crippen molar-refractivity contribution in [2.24, 2.45) is 5.14 Å². The van der Waals surface area contributed by atoms with Crippen LogP contribution in [0.3, 0.4) is 0 Å². The number of carbonyl (C=O) groups excluding carboxylic acids is 1. The Bertz CT molecular complexity index is 864. The molecule has 7 nitrogen and oxygen atoms in total. The molecule has 0 saturated heterocycles. The van der Waals surface area contributed by atoms with Crippen molar-refractivity contribution in [3.05, 3.63) is 48.0 Å². The Morgan fingerprint density at radius 1 is 1.15 bits per heavy atom. The molecule has 0 atom stereocenters. The average molecular weight is 378 g/mol. The molecule has 0 fully saturated rings. The molecule has 0 aliphatic carbocycles. The molecule has 0 spiro atoms. The molecule has 0 unspecified atom stereocenters. The van der Waals surface area contributed by atoms with Crippen LogP contribution in [0.2, 0.25) is 0 Å². The van der Waals surface area contributed by atoms with Crippen molar-refractivity contribution in [3.63, 3.8) is 0 Å². The Morgan fingerprint density at radius 2 is 1.85 bits per heavy atom. The average Bonchev–Trinajstić information content (AvgIpc) is 2.61. The summed E-state index contributed by atoms with van der Waals surface area (Å²) in [6, 6.07) is 10.9. The zero-order chi connectivity index (χ0) is 19.2. The number of carbonyl (C=O) groups is 1. The quantitative estimate of drug-likeness (QED) is 0.687. The number of hydrogen-bond acceptors (Lipinski definition) is 5. The van der Waals surface area contributed by atoms with Crippen LogP contribution in [0.25, 0.3) is 0 Å². The molecule has 1 amide bonds. The summed E-state index contributed by atoms with van der Waals surface area (Å²) in [6.45, 7) is 2.71. The molecule has 3 N–H and O–H groups in total. The van der Waals surface area contributed by atoms with Crippen molar-refractivity contribution in [1.82, 2.24) is 0 Å². The van der Waals surface area contributed by atoms with Gasteiger partial charge in [-0.05, 0) is 48.9 Å². The number of primary sulfonamides is 1. The summed E-state index contributed by atoms with van der Waals surface area (Å²) < 4.78 is 33.8. The summed E-state index contributed by atoms with van der Waals surface area (Å²) in [7, 11) is -2.64. The summed E-state index contributed by atoms with van der Waals surface area (Å²) in [6.07, 6.45) is 2.01. The lowest BCUT2D eigenvalue weighted by atomic mass is 10.2. The van der Waals surface area contributed by atoms with E-state index in [9.17, 15) is 13.2 Å². The van der Waals surface area contributed by atoms with Crippen LogP contribution in [-0.4, -0.2) is 28.0 Å². The van der Waals surface area contributed by atoms with Gasteiger partial charge in [-0.3, -0.25) is 4.79 Å². The van der Waals surface area contributed by atoms with Gasteiger partial charge in [0, 0.05) is 11.3 Å². The summed E-state index contributed by atoms with van der Waals surface area (Å²) in [4.78, 5) is 12.1. The third-order valence-electron chi connectivity index (χ3n) is 3.61. The molecule has 2 aromatic carbocycles. The number of ether oxygens (including phenoxy) is 2. The van der Waals surface area contributed by atoms with Crippen molar-refractivity contribution >= 4 is 21.6 Å². The highest BCUT2D eigenvalue weighted by Gasteiger charge is 2.16. The van der Waals surface area contributed by atoms with Gasteiger partial charge in [0.1, 0.15) is 16.4 Å². The normalized spacial score (nSPS) is 11.0. The lowest BCUT2D eigenvalue weighted by molar-refractivity contribution is 0.102. The molecule has 2 aromatic rings. The number of hydrogen-bond donors (Lipinski definition) is 2. The van der Waals surface area contributed by atoms with E-state index >= 15 is 0 Å². The first-order chi connectivity index (χ1) is 12.3. The maximum absolute atomic E-state index is 12.3. The van der Waals surface area contributed by atoms with Crippen LogP contribution in [0.1, 0.15) is 30.1 Å². The molecule has 8 heteroatoms. The van der Waals surface area contributed by atoms with Crippen LogP contribution < -0.4 is 19.9 Å². The van der Waals surface area contributed by atoms with Crippen LogP contribution in [0.5, 0.6) is 11.5 Å². The number of methoxy groups -OCH3 is 1. The Hall–Kier alpha value is -2.58. The maximum Gasteiger partial charge on any atom is 0.255 e. The van der Waals surface area contributed by atoms with Gasteiger partial charge >= 0.3 is 0 Å². The number of benzene rings is 2. The summed E-state index contributed by atoms with van der Waals surface area (Å²) in [5.74, 6) is 0.422. The largest absolute Gasteiger partial charge is 0.495 e. The number of rotatable bonds is 8. The van der Waals surface area contributed by atoms with E-state index in [4.69, 9.17) is 14.6 Å². The highest BCUT2D eigenvalue weighted by Crippen LogP contribution is 2.26. The molecule has 0 heterocycles. The van der Waals surface area contributed by atoms with Gasteiger partial charge in [-0.25, -0.2) is 13.6 Å². The summed E-state index contributed by atoms with van der Waals surface area (Å²) in [5, 5.41) is 7.81. The van der Waals surface area contributed by atoms with Crippen molar-refractivity contribution in [2.45, 2.75) is 24.7 Å². The first-order valence-electron chi connectivity index (χ1n) is 8.10. The van der Waals surface area contributed by atoms with Gasteiger partial charge in [0.25, 0.3) is 5.91 Å². The fraction of sp³-hybridized carbons (Fsp3) is 0.278. The lowest BCUT2D eigenvalue weighted by Gasteiger charge is -2.11. The first kappa shape index (κ1) is 19.7. The second kappa shape index (κ2) is 8.68. The molecule has 0 radical (unpaired) electrons. The summed E-state index contributed by atoms with van der Waals surface area (Å²) >= 11 is 0. The fourth-order valence-corrected chi connectivity index (χ4v) is 2.94. The number of sulfonamides is 1. The van der Waals surface area contributed by atoms with Gasteiger partial charge in [-0.1, -0.05) is 13.3 Å². The van der Waals surface area contributed by atoms with Crippen molar-refractivity contribution < 1.29 is 22.7 Å². The van der Waals surface area contributed by atoms with Gasteiger partial charge in [0.05, 0.1) is 13.7 Å². The van der Waals surface area contributed by atoms with E-state index in [2.05, 4.69) is 12.2 Å². The Balaban J connectivity index is 2.12. The molecule has 26 heavy (non-hydrogen) atoms. The zero-order valence-corrected chi connectivity index (χ0v) is 15.5. The third-order valence-corrected chi connectivity index (χ3v) is 4.54. The molecule has 2 rings (SSSR count). The second-order valence-corrected chi connectivity index (χ2v) is 7.12. The molecule has 0 saturated carbocycles. The minimum absolute atomic E-state index is 0.110. The van der Waals surface area contributed by atoms with Gasteiger partial charge in [-0.15, -0.1) is 0 Å². The third kappa shape index (κ3) is 5.21. The van der Waals surface area contributed by atoms with Crippen LogP contribution in [0.4, 0.5) is 5.69 Å². The SMILES string of the molecule is CCCCOc1ccc(C(=O)Nc2ccc(OC)c(S(N)(=O)=O)c2)cc1. The van der Waals surface area contributed by atoms with Gasteiger partial charge in [0.2, 0.25) is 10.0 Å². The molecule has 140 valence electrons. The van der Waals surface area contributed by atoms with Crippen LogP contribution in [0.15, 0.2) is 47.4 Å². The minimum atomic E-state index is -3.98. The van der Waals surface area contributed by atoms with E-state index < -0.39 is 10.0 Å². The lowest BCUT2D eigenvalue weighted by Crippen LogP contribution is -2.16. The van der Waals surface area contributed by atoms with E-state index in [1.807, 2.05) is 0 Å². The highest BCUT2D eigenvalue weighted by molar-refractivity contribution is 7.89. The van der Waals surface area contributed by atoms with Gasteiger partial charge < -0.3 is 14.8 Å². The highest BCUT2D eigenvalue weighted by atomic mass is 32.2. The molecular formula is C18H22N2O5S. The van der Waals surface area contributed by atoms with Crippen LogP contribution in [-0.2, 0) is 10.0 Å². The Labute approximate surface area is 153 Å². The second-order valence-electron chi connectivity index (χ2n) is 5.59. The van der Waals surface area contributed by atoms with E-state index in [0.717, 1.165) is 12.8 Å². The molecule has 0 aliphatic heterocycles. The monoisotopic (exact) mass is 378 g/mol. The van der Waals surface area contributed by atoms with Crippen molar-refractivity contribution in [1.29, 1.82) is 0 Å². The van der Waals surface area contributed by atoms with Crippen LogP contribution in [0, 0.1) is 0 Å². The molecule has 0 aromatic heterocycles.